The maximum atomic E-state index is 12.3. The maximum absolute atomic E-state index is 12.3. The zero-order valence-corrected chi connectivity index (χ0v) is 16.7. The summed E-state index contributed by atoms with van der Waals surface area (Å²) in [5.74, 6) is 0. The molecule has 0 bridgehead atoms. The van der Waals surface area contributed by atoms with Gasteiger partial charge in [0.1, 0.15) is 0 Å². The molecule has 1 aliphatic rings. The zero-order valence-electron chi connectivity index (χ0n) is 16.7. The molecule has 0 unspecified atom stereocenters. The Morgan fingerprint density at radius 3 is 2.67 bits per heavy atom. The summed E-state index contributed by atoms with van der Waals surface area (Å²) in [7, 11) is 1.86. The van der Waals surface area contributed by atoms with E-state index in [-0.39, 0.29) is 17.0 Å². The van der Waals surface area contributed by atoms with Crippen LogP contribution >= 0.6 is 0 Å². The van der Waals surface area contributed by atoms with Crippen molar-refractivity contribution in [2.75, 3.05) is 18.5 Å². The standard InChI is InChI=1S/C21H30N4O2/c1-16-18(14-23-25(16)4)24-19(26)22-12-10-21(17-8-6-5-7-9-17)11-13-27-20(2,3)15-21/h5-9,14H,10-13,15H2,1-4H3,(H2,22,24,26)/t21-/m0/s1. The summed E-state index contributed by atoms with van der Waals surface area (Å²) >= 11 is 0. The molecular formula is C21H30N4O2. The first-order valence-corrected chi connectivity index (χ1v) is 9.54. The number of aryl methyl sites for hydroxylation is 1. The van der Waals surface area contributed by atoms with Crippen molar-refractivity contribution >= 4 is 11.7 Å². The van der Waals surface area contributed by atoms with Gasteiger partial charge in [0.15, 0.2) is 0 Å². The SMILES string of the molecule is Cc1c(NC(=O)NCC[C@]2(c3ccccc3)CCOC(C)(C)C2)cnn1C. The van der Waals surface area contributed by atoms with Crippen LogP contribution in [0, 0.1) is 6.92 Å². The van der Waals surface area contributed by atoms with Crippen LogP contribution < -0.4 is 10.6 Å². The lowest BCUT2D eigenvalue weighted by Crippen LogP contribution is -2.46. The minimum atomic E-state index is -0.194. The van der Waals surface area contributed by atoms with E-state index < -0.39 is 0 Å². The van der Waals surface area contributed by atoms with Gasteiger partial charge in [-0.1, -0.05) is 30.3 Å². The minimum absolute atomic E-state index is 0.0144. The molecule has 1 fully saturated rings. The topological polar surface area (TPSA) is 68.2 Å². The largest absolute Gasteiger partial charge is 0.376 e. The number of ether oxygens (including phenoxy) is 1. The van der Waals surface area contributed by atoms with Crippen LogP contribution in [0.3, 0.4) is 0 Å². The van der Waals surface area contributed by atoms with Gasteiger partial charge in [0.2, 0.25) is 0 Å². The molecule has 1 atom stereocenters. The maximum Gasteiger partial charge on any atom is 0.319 e. The van der Waals surface area contributed by atoms with Crippen LogP contribution in [0.5, 0.6) is 0 Å². The van der Waals surface area contributed by atoms with E-state index in [2.05, 4.69) is 53.8 Å². The minimum Gasteiger partial charge on any atom is -0.376 e. The van der Waals surface area contributed by atoms with Crippen molar-refractivity contribution in [2.24, 2.45) is 7.05 Å². The number of amides is 2. The van der Waals surface area contributed by atoms with E-state index in [4.69, 9.17) is 4.74 Å². The van der Waals surface area contributed by atoms with Crippen LogP contribution in [0.4, 0.5) is 10.5 Å². The molecule has 2 aromatic rings. The van der Waals surface area contributed by atoms with Crippen molar-refractivity contribution < 1.29 is 9.53 Å². The molecule has 6 heteroatoms. The van der Waals surface area contributed by atoms with E-state index in [1.54, 1.807) is 10.9 Å². The number of hydrogen-bond donors (Lipinski definition) is 2. The van der Waals surface area contributed by atoms with Gasteiger partial charge in [-0.3, -0.25) is 4.68 Å². The molecule has 1 aliphatic heterocycles. The summed E-state index contributed by atoms with van der Waals surface area (Å²) in [6, 6.07) is 10.4. The van der Waals surface area contributed by atoms with Crippen molar-refractivity contribution in [3.05, 3.63) is 47.8 Å². The van der Waals surface area contributed by atoms with Crippen molar-refractivity contribution in [1.82, 2.24) is 15.1 Å². The Bertz CT molecular complexity index is 785. The number of anilines is 1. The Morgan fingerprint density at radius 1 is 1.30 bits per heavy atom. The second-order valence-electron chi connectivity index (χ2n) is 8.08. The van der Waals surface area contributed by atoms with Crippen LogP contribution in [-0.4, -0.2) is 34.6 Å². The molecule has 27 heavy (non-hydrogen) atoms. The highest BCUT2D eigenvalue weighted by atomic mass is 16.5. The Labute approximate surface area is 161 Å². The number of carbonyl (C=O) groups is 1. The van der Waals surface area contributed by atoms with E-state index in [0.717, 1.165) is 37.3 Å². The highest BCUT2D eigenvalue weighted by Crippen LogP contribution is 2.43. The molecule has 1 aromatic carbocycles. The molecule has 2 amide bonds. The number of hydrogen-bond acceptors (Lipinski definition) is 3. The fourth-order valence-electron chi connectivity index (χ4n) is 4.08. The first kappa shape index (κ1) is 19.4. The van der Waals surface area contributed by atoms with Crippen LogP contribution in [0.1, 0.15) is 44.4 Å². The van der Waals surface area contributed by atoms with Gasteiger partial charge in [-0.05, 0) is 45.6 Å². The average Bonchev–Trinajstić information content (AvgIpc) is 2.94. The summed E-state index contributed by atoms with van der Waals surface area (Å²) in [5, 5.41) is 10.0. The van der Waals surface area contributed by atoms with Crippen molar-refractivity contribution in [3.8, 4) is 0 Å². The van der Waals surface area contributed by atoms with Gasteiger partial charge in [-0.15, -0.1) is 0 Å². The summed E-state index contributed by atoms with van der Waals surface area (Å²) in [6.07, 6.45) is 4.45. The summed E-state index contributed by atoms with van der Waals surface area (Å²) in [4.78, 5) is 12.3. The van der Waals surface area contributed by atoms with Crippen LogP contribution in [0.15, 0.2) is 36.5 Å². The lowest BCUT2D eigenvalue weighted by Gasteiger charge is -2.45. The third kappa shape index (κ3) is 4.50. The van der Waals surface area contributed by atoms with E-state index in [1.807, 2.05) is 20.0 Å². The summed E-state index contributed by atoms with van der Waals surface area (Å²) < 4.78 is 7.70. The normalized spacial score (nSPS) is 21.6. The van der Waals surface area contributed by atoms with E-state index in [9.17, 15) is 4.79 Å². The van der Waals surface area contributed by atoms with Crippen LogP contribution in [0.2, 0.25) is 0 Å². The Morgan fingerprint density at radius 2 is 2.04 bits per heavy atom. The highest BCUT2D eigenvalue weighted by Gasteiger charge is 2.41. The van der Waals surface area contributed by atoms with Crippen molar-refractivity contribution in [1.29, 1.82) is 0 Å². The van der Waals surface area contributed by atoms with Gasteiger partial charge < -0.3 is 15.4 Å². The van der Waals surface area contributed by atoms with Crippen LogP contribution in [0.25, 0.3) is 0 Å². The van der Waals surface area contributed by atoms with E-state index in [1.165, 1.54) is 5.56 Å². The third-order valence-electron chi connectivity index (χ3n) is 5.60. The number of nitrogens with zero attached hydrogens (tertiary/aromatic N) is 2. The fourth-order valence-corrected chi connectivity index (χ4v) is 4.08. The van der Waals surface area contributed by atoms with Gasteiger partial charge in [-0.25, -0.2) is 4.79 Å². The Kier molecular flexibility index (Phi) is 5.56. The number of carbonyl (C=O) groups excluding carboxylic acids is 1. The quantitative estimate of drug-likeness (QED) is 0.842. The first-order chi connectivity index (χ1) is 12.8. The number of benzene rings is 1. The second-order valence-corrected chi connectivity index (χ2v) is 8.08. The Hall–Kier alpha value is -2.34. The fraction of sp³-hybridized carbons (Fsp3) is 0.524. The molecule has 3 rings (SSSR count). The van der Waals surface area contributed by atoms with Crippen molar-refractivity contribution in [2.45, 2.75) is 51.0 Å². The van der Waals surface area contributed by atoms with Gasteiger partial charge in [-0.2, -0.15) is 5.10 Å². The molecule has 1 aromatic heterocycles. The summed E-state index contributed by atoms with van der Waals surface area (Å²) in [5.41, 5.74) is 2.84. The smallest absolute Gasteiger partial charge is 0.319 e. The molecule has 0 aliphatic carbocycles. The third-order valence-corrected chi connectivity index (χ3v) is 5.60. The van der Waals surface area contributed by atoms with E-state index in [0.29, 0.717) is 6.54 Å². The molecule has 0 spiro atoms. The first-order valence-electron chi connectivity index (χ1n) is 9.54. The number of nitrogens with one attached hydrogen (secondary N) is 2. The number of aromatic nitrogens is 2. The Balaban J connectivity index is 1.65. The lowest BCUT2D eigenvalue weighted by molar-refractivity contribution is -0.0838. The lowest BCUT2D eigenvalue weighted by atomic mass is 9.67. The van der Waals surface area contributed by atoms with Gasteiger partial charge >= 0.3 is 6.03 Å². The van der Waals surface area contributed by atoms with E-state index >= 15 is 0 Å². The molecule has 146 valence electrons. The molecular weight excluding hydrogens is 340 g/mol. The average molecular weight is 370 g/mol. The molecule has 1 saturated heterocycles. The summed E-state index contributed by atoms with van der Waals surface area (Å²) in [6.45, 7) is 7.57. The molecule has 6 nitrogen and oxygen atoms in total. The zero-order chi connectivity index (χ0) is 19.5. The monoisotopic (exact) mass is 370 g/mol. The number of urea groups is 1. The molecule has 0 saturated carbocycles. The molecule has 2 heterocycles. The van der Waals surface area contributed by atoms with Gasteiger partial charge in [0.25, 0.3) is 0 Å². The van der Waals surface area contributed by atoms with Gasteiger partial charge in [0, 0.05) is 25.6 Å². The predicted molar refractivity (Wildman–Crippen MR) is 107 cm³/mol. The highest BCUT2D eigenvalue weighted by molar-refractivity contribution is 5.89. The molecule has 0 radical (unpaired) electrons. The molecule has 2 N–H and O–H groups in total. The van der Waals surface area contributed by atoms with Gasteiger partial charge in [0.05, 0.1) is 23.2 Å². The second kappa shape index (κ2) is 7.72. The number of rotatable bonds is 5. The van der Waals surface area contributed by atoms with Crippen LogP contribution in [-0.2, 0) is 17.2 Å². The predicted octanol–water partition coefficient (Wildman–Crippen LogP) is 3.77. The van der Waals surface area contributed by atoms with Crippen molar-refractivity contribution in [3.63, 3.8) is 0 Å².